The molecule has 0 aliphatic heterocycles. The Hall–Kier alpha value is -3.70. The molecule has 0 bridgehead atoms. The Labute approximate surface area is 201 Å². The summed E-state index contributed by atoms with van der Waals surface area (Å²) in [5.41, 5.74) is 6.32. The molecule has 0 aliphatic carbocycles. The minimum atomic E-state index is -0.240. The summed E-state index contributed by atoms with van der Waals surface area (Å²) in [6.45, 7) is 8.14. The van der Waals surface area contributed by atoms with Gasteiger partial charge in [-0.2, -0.15) is 0 Å². The van der Waals surface area contributed by atoms with Crippen LogP contribution in [-0.2, 0) is 19.6 Å². The highest BCUT2D eigenvalue weighted by Gasteiger charge is 2.21. The molecule has 1 N–H and O–H groups in total. The average molecular weight is 454 g/mol. The third kappa shape index (κ3) is 6.00. The average Bonchev–Trinajstić information content (AvgIpc) is 3.34. The van der Waals surface area contributed by atoms with Crippen molar-refractivity contribution in [2.75, 3.05) is 0 Å². The summed E-state index contributed by atoms with van der Waals surface area (Å²) in [5.74, 6) is 0.286. The quantitative estimate of drug-likeness (QED) is 0.338. The summed E-state index contributed by atoms with van der Waals surface area (Å²) in [4.78, 5) is 19.4. The fourth-order valence-electron chi connectivity index (χ4n) is 3.99. The highest BCUT2D eigenvalue weighted by Crippen LogP contribution is 2.26. The van der Waals surface area contributed by atoms with Crippen LogP contribution >= 0.6 is 0 Å². The van der Waals surface area contributed by atoms with Crippen molar-refractivity contribution in [3.63, 3.8) is 0 Å². The molecule has 1 aromatic heterocycles. The van der Waals surface area contributed by atoms with Crippen molar-refractivity contribution in [3.8, 4) is 0 Å². The number of benzene rings is 3. The second-order valence-electron chi connectivity index (χ2n) is 8.72. The van der Waals surface area contributed by atoms with Crippen LogP contribution in [0.5, 0.6) is 0 Å². The maximum atomic E-state index is 12.6. The Balaban J connectivity index is 1.50. The Morgan fingerprint density at radius 3 is 2.41 bits per heavy atom. The van der Waals surface area contributed by atoms with Crippen molar-refractivity contribution >= 4 is 5.91 Å². The highest BCUT2D eigenvalue weighted by molar-refractivity contribution is 5.91. The van der Waals surface area contributed by atoms with Crippen molar-refractivity contribution in [2.24, 2.45) is 0 Å². The second kappa shape index (κ2) is 10.9. The Morgan fingerprint density at radius 1 is 0.971 bits per heavy atom. The van der Waals surface area contributed by atoms with Crippen LogP contribution in [0, 0.1) is 13.8 Å². The summed E-state index contributed by atoms with van der Waals surface area (Å²) >= 11 is 0. The van der Waals surface area contributed by atoms with E-state index in [2.05, 4.69) is 78.4 Å². The molecular weight excluding hydrogens is 422 g/mol. The summed E-state index contributed by atoms with van der Waals surface area (Å²) in [5, 5.41) is 2.91. The van der Waals surface area contributed by atoms with Gasteiger partial charge in [-0.25, -0.2) is 4.98 Å². The smallest absolute Gasteiger partial charge is 0.273 e. The van der Waals surface area contributed by atoms with Gasteiger partial charge in [0, 0.05) is 19.1 Å². The van der Waals surface area contributed by atoms with Crippen molar-refractivity contribution < 1.29 is 9.21 Å². The molecule has 3 aromatic carbocycles. The maximum Gasteiger partial charge on any atom is 0.273 e. The van der Waals surface area contributed by atoms with Gasteiger partial charge in [0.15, 0.2) is 5.69 Å². The number of hydrogen-bond acceptors (Lipinski definition) is 4. The van der Waals surface area contributed by atoms with Crippen LogP contribution in [-0.4, -0.2) is 15.8 Å². The lowest BCUT2D eigenvalue weighted by molar-refractivity contribution is 0.0945. The molecule has 4 aromatic rings. The van der Waals surface area contributed by atoms with Gasteiger partial charge >= 0.3 is 0 Å². The van der Waals surface area contributed by atoms with Crippen molar-refractivity contribution in [2.45, 2.75) is 46.4 Å². The van der Waals surface area contributed by atoms with E-state index in [-0.39, 0.29) is 11.9 Å². The van der Waals surface area contributed by atoms with Crippen LogP contribution < -0.4 is 5.32 Å². The number of oxazole rings is 1. The van der Waals surface area contributed by atoms with Gasteiger partial charge in [-0.1, -0.05) is 84.4 Å². The van der Waals surface area contributed by atoms with Gasteiger partial charge < -0.3 is 9.73 Å². The van der Waals surface area contributed by atoms with Gasteiger partial charge in [0.2, 0.25) is 5.89 Å². The van der Waals surface area contributed by atoms with Gasteiger partial charge in [0.1, 0.15) is 6.26 Å². The fourth-order valence-corrected chi connectivity index (χ4v) is 3.99. The molecular formula is C29H31N3O2. The first-order chi connectivity index (χ1) is 16.5. The summed E-state index contributed by atoms with van der Waals surface area (Å²) < 4.78 is 5.73. The zero-order chi connectivity index (χ0) is 23.9. The normalized spacial score (nSPS) is 12.0. The van der Waals surface area contributed by atoms with E-state index in [1.807, 2.05) is 36.4 Å². The molecule has 4 rings (SSSR count). The molecule has 0 radical (unpaired) electrons. The van der Waals surface area contributed by atoms with Crippen molar-refractivity contribution in [3.05, 3.63) is 125 Å². The minimum Gasteiger partial charge on any atom is -0.447 e. The molecule has 1 atom stereocenters. The first kappa shape index (κ1) is 23.5. The summed E-state index contributed by atoms with van der Waals surface area (Å²) in [6, 6.07) is 26.9. The molecule has 0 saturated carbocycles. The van der Waals surface area contributed by atoms with Gasteiger partial charge in [0.05, 0.1) is 6.54 Å². The number of carbonyl (C=O) groups excluding carboxylic acids is 1. The Bertz CT molecular complexity index is 1220. The lowest BCUT2D eigenvalue weighted by Crippen LogP contribution is -2.27. The van der Waals surface area contributed by atoms with Gasteiger partial charge in [0.25, 0.3) is 5.91 Å². The molecule has 0 fully saturated rings. The van der Waals surface area contributed by atoms with Crippen LogP contribution in [0.4, 0.5) is 0 Å². The van der Waals surface area contributed by atoms with Crippen LogP contribution in [0.2, 0.25) is 0 Å². The number of aryl methyl sites for hydroxylation is 2. The number of hydrogen-bond donors (Lipinski definition) is 1. The van der Waals surface area contributed by atoms with E-state index >= 15 is 0 Å². The Morgan fingerprint density at radius 2 is 1.68 bits per heavy atom. The largest absolute Gasteiger partial charge is 0.447 e. The van der Waals surface area contributed by atoms with Crippen LogP contribution in [0.3, 0.4) is 0 Å². The number of rotatable bonds is 9. The van der Waals surface area contributed by atoms with E-state index in [0.29, 0.717) is 24.7 Å². The zero-order valence-electron chi connectivity index (χ0n) is 20.0. The first-order valence-electron chi connectivity index (χ1n) is 11.6. The van der Waals surface area contributed by atoms with E-state index in [9.17, 15) is 4.79 Å². The number of aromatic nitrogens is 1. The third-order valence-corrected chi connectivity index (χ3v) is 6.13. The van der Waals surface area contributed by atoms with E-state index in [4.69, 9.17) is 4.42 Å². The number of carbonyl (C=O) groups is 1. The van der Waals surface area contributed by atoms with Crippen LogP contribution in [0.15, 0.2) is 89.5 Å². The molecule has 0 aliphatic rings. The van der Waals surface area contributed by atoms with E-state index in [0.717, 1.165) is 12.1 Å². The zero-order valence-corrected chi connectivity index (χ0v) is 20.0. The molecule has 34 heavy (non-hydrogen) atoms. The molecule has 0 saturated heterocycles. The van der Waals surface area contributed by atoms with Gasteiger partial charge in [-0.15, -0.1) is 0 Å². The van der Waals surface area contributed by atoms with Gasteiger partial charge in [-0.05, 0) is 43.0 Å². The Kier molecular flexibility index (Phi) is 7.55. The molecule has 1 unspecified atom stereocenters. The van der Waals surface area contributed by atoms with E-state index in [1.165, 1.54) is 28.5 Å². The molecule has 0 spiro atoms. The maximum absolute atomic E-state index is 12.6. The molecule has 5 nitrogen and oxygen atoms in total. The van der Waals surface area contributed by atoms with Crippen molar-refractivity contribution in [1.29, 1.82) is 0 Å². The lowest BCUT2D eigenvalue weighted by atomic mass is 10.0. The summed E-state index contributed by atoms with van der Waals surface area (Å²) in [7, 11) is 0. The highest BCUT2D eigenvalue weighted by atomic mass is 16.3. The van der Waals surface area contributed by atoms with Crippen LogP contribution in [0.25, 0.3) is 0 Å². The predicted molar refractivity (Wildman–Crippen MR) is 134 cm³/mol. The van der Waals surface area contributed by atoms with Crippen LogP contribution in [0.1, 0.15) is 57.2 Å². The van der Waals surface area contributed by atoms with Crippen molar-refractivity contribution in [1.82, 2.24) is 15.2 Å². The van der Waals surface area contributed by atoms with Gasteiger partial charge in [-0.3, -0.25) is 9.69 Å². The molecule has 5 heteroatoms. The monoisotopic (exact) mass is 453 g/mol. The summed E-state index contributed by atoms with van der Waals surface area (Å²) in [6.07, 6.45) is 1.44. The van der Waals surface area contributed by atoms with E-state index < -0.39 is 0 Å². The lowest BCUT2D eigenvalue weighted by Gasteiger charge is -2.29. The molecule has 174 valence electrons. The first-order valence-corrected chi connectivity index (χ1v) is 11.6. The number of amides is 1. The molecule has 1 amide bonds. The predicted octanol–water partition coefficient (Wildman–Crippen LogP) is 5.98. The van der Waals surface area contributed by atoms with E-state index in [1.54, 1.807) is 0 Å². The topological polar surface area (TPSA) is 58.4 Å². The minimum absolute atomic E-state index is 0.142. The third-order valence-electron chi connectivity index (χ3n) is 6.13. The SMILES string of the molecule is Cc1ccc(C)c(CN(Cc2nc(C(=O)NCc3ccccc3)co2)C(C)c2ccccc2)c1. The number of nitrogens with zero attached hydrogens (tertiary/aromatic N) is 2. The number of nitrogens with one attached hydrogen (secondary N) is 1. The standard InChI is InChI=1S/C29H31N3O2/c1-21-14-15-22(2)26(16-21)18-32(23(3)25-12-8-5-9-13-25)19-28-31-27(20-34-28)29(33)30-17-24-10-6-4-7-11-24/h4-16,20,23H,17-19H2,1-3H3,(H,30,33). The molecule has 1 heterocycles. The fraction of sp³-hybridized carbons (Fsp3) is 0.241. The second-order valence-corrected chi connectivity index (χ2v) is 8.72.